The first-order valence-electron chi connectivity index (χ1n) is 5.43. The van der Waals surface area contributed by atoms with Crippen molar-refractivity contribution in [2.75, 3.05) is 13.1 Å². The van der Waals surface area contributed by atoms with Crippen LogP contribution in [0.1, 0.15) is 17.9 Å². The Balaban J connectivity index is 2.16. The molecule has 0 bridgehead atoms. The summed E-state index contributed by atoms with van der Waals surface area (Å²) >= 11 is 0. The van der Waals surface area contributed by atoms with Crippen molar-refractivity contribution in [3.05, 3.63) is 35.6 Å². The highest BCUT2D eigenvalue weighted by atomic mass is 19.1. The van der Waals surface area contributed by atoms with Gasteiger partial charge in [0.15, 0.2) is 0 Å². The quantitative estimate of drug-likeness (QED) is 0.784. The SMILES string of the molecule is NC(=O)[C@H]1CNC[C@H](c2ccccc2F)C1. The minimum absolute atomic E-state index is 0.0347. The normalized spacial score (nSPS) is 25.3. The molecule has 2 atom stereocenters. The summed E-state index contributed by atoms with van der Waals surface area (Å²) in [4.78, 5) is 11.1. The van der Waals surface area contributed by atoms with Crippen LogP contribution in [0.4, 0.5) is 4.39 Å². The summed E-state index contributed by atoms with van der Waals surface area (Å²) in [6, 6.07) is 6.70. The number of amides is 1. The van der Waals surface area contributed by atoms with E-state index >= 15 is 0 Å². The molecular weight excluding hydrogens is 207 g/mol. The van der Waals surface area contributed by atoms with Gasteiger partial charge < -0.3 is 11.1 Å². The molecule has 0 unspecified atom stereocenters. The summed E-state index contributed by atoms with van der Waals surface area (Å²) in [6.07, 6.45) is 0.628. The van der Waals surface area contributed by atoms with E-state index in [0.717, 1.165) is 0 Å². The minimum Gasteiger partial charge on any atom is -0.369 e. The Bertz CT molecular complexity index is 394. The number of piperidine rings is 1. The number of nitrogens with two attached hydrogens (primary N) is 1. The number of rotatable bonds is 2. The number of halogens is 1. The summed E-state index contributed by atoms with van der Waals surface area (Å²) in [5, 5.41) is 3.12. The molecular formula is C12H15FN2O. The molecule has 1 aromatic rings. The van der Waals surface area contributed by atoms with Crippen molar-refractivity contribution in [1.82, 2.24) is 5.32 Å². The van der Waals surface area contributed by atoms with E-state index in [-0.39, 0.29) is 23.6 Å². The number of hydrogen-bond acceptors (Lipinski definition) is 2. The summed E-state index contributed by atoms with van der Waals surface area (Å²) in [5.41, 5.74) is 5.94. The third kappa shape index (κ3) is 2.22. The standard InChI is InChI=1S/C12H15FN2O/c13-11-4-2-1-3-10(11)8-5-9(12(14)16)7-15-6-8/h1-4,8-9,15H,5-7H2,(H2,14,16)/t8-,9-/m1/s1. The molecule has 1 saturated heterocycles. The van der Waals surface area contributed by atoms with Gasteiger partial charge in [-0.3, -0.25) is 4.79 Å². The average molecular weight is 222 g/mol. The van der Waals surface area contributed by atoms with Gasteiger partial charge >= 0.3 is 0 Å². The van der Waals surface area contributed by atoms with Gasteiger partial charge in [0.05, 0.1) is 5.92 Å². The van der Waals surface area contributed by atoms with Gasteiger partial charge in [0.25, 0.3) is 0 Å². The van der Waals surface area contributed by atoms with E-state index in [0.29, 0.717) is 25.1 Å². The fourth-order valence-electron chi connectivity index (χ4n) is 2.20. The lowest BCUT2D eigenvalue weighted by atomic mass is 9.85. The maximum Gasteiger partial charge on any atom is 0.221 e. The fraction of sp³-hybridized carbons (Fsp3) is 0.417. The van der Waals surface area contributed by atoms with Crippen molar-refractivity contribution in [3.63, 3.8) is 0 Å². The largest absolute Gasteiger partial charge is 0.369 e. The molecule has 2 rings (SSSR count). The molecule has 0 radical (unpaired) electrons. The molecule has 1 aromatic carbocycles. The first-order valence-corrected chi connectivity index (χ1v) is 5.43. The van der Waals surface area contributed by atoms with Gasteiger partial charge in [-0.25, -0.2) is 4.39 Å². The predicted molar refractivity (Wildman–Crippen MR) is 59.3 cm³/mol. The molecule has 3 N–H and O–H groups in total. The van der Waals surface area contributed by atoms with Gasteiger partial charge in [0.1, 0.15) is 5.82 Å². The average Bonchev–Trinajstić information content (AvgIpc) is 2.30. The predicted octanol–water partition coefficient (Wildman–Crippen LogP) is 1.00. The van der Waals surface area contributed by atoms with Crippen LogP contribution in [0.25, 0.3) is 0 Å². The second-order valence-electron chi connectivity index (χ2n) is 4.21. The molecule has 16 heavy (non-hydrogen) atoms. The first-order chi connectivity index (χ1) is 7.68. The van der Waals surface area contributed by atoms with Crippen LogP contribution in [0.2, 0.25) is 0 Å². The Labute approximate surface area is 93.8 Å². The minimum atomic E-state index is -0.312. The zero-order valence-electron chi connectivity index (χ0n) is 8.95. The maximum absolute atomic E-state index is 13.6. The topological polar surface area (TPSA) is 55.1 Å². The van der Waals surface area contributed by atoms with E-state index in [4.69, 9.17) is 5.73 Å². The lowest BCUT2D eigenvalue weighted by Gasteiger charge is -2.28. The van der Waals surface area contributed by atoms with Gasteiger partial charge in [-0.1, -0.05) is 18.2 Å². The van der Waals surface area contributed by atoms with E-state index in [1.165, 1.54) is 6.07 Å². The summed E-state index contributed by atoms with van der Waals surface area (Å²) in [5.74, 6) is -0.682. The van der Waals surface area contributed by atoms with Crippen molar-refractivity contribution < 1.29 is 9.18 Å². The van der Waals surface area contributed by atoms with Crippen LogP contribution in [-0.2, 0) is 4.79 Å². The Kier molecular flexibility index (Phi) is 3.19. The van der Waals surface area contributed by atoms with Crippen LogP contribution >= 0.6 is 0 Å². The number of carbonyl (C=O) groups excluding carboxylic acids is 1. The van der Waals surface area contributed by atoms with Crippen molar-refractivity contribution >= 4 is 5.91 Å². The highest BCUT2D eigenvalue weighted by Gasteiger charge is 2.27. The van der Waals surface area contributed by atoms with Crippen LogP contribution in [0.3, 0.4) is 0 Å². The van der Waals surface area contributed by atoms with E-state index < -0.39 is 0 Å². The molecule has 0 saturated carbocycles. The van der Waals surface area contributed by atoms with E-state index in [2.05, 4.69) is 5.32 Å². The molecule has 0 spiro atoms. The molecule has 1 aliphatic heterocycles. The highest BCUT2D eigenvalue weighted by Crippen LogP contribution is 2.27. The number of nitrogens with one attached hydrogen (secondary N) is 1. The second kappa shape index (κ2) is 4.61. The molecule has 1 fully saturated rings. The number of hydrogen-bond donors (Lipinski definition) is 2. The zero-order valence-corrected chi connectivity index (χ0v) is 8.95. The number of primary amides is 1. The van der Waals surface area contributed by atoms with Crippen LogP contribution in [-0.4, -0.2) is 19.0 Å². The smallest absolute Gasteiger partial charge is 0.221 e. The number of benzene rings is 1. The van der Waals surface area contributed by atoms with E-state index in [9.17, 15) is 9.18 Å². The Hall–Kier alpha value is -1.42. The van der Waals surface area contributed by atoms with Crippen molar-refractivity contribution in [1.29, 1.82) is 0 Å². The lowest BCUT2D eigenvalue weighted by Crippen LogP contribution is -2.41. The van der Waals surface area contributed by atoms with Crippen molar-refractivity contribution in [3.8, 4) is 0 Å². The second-order valence-corrected chi connectivity index (χ2v) is 4.21. The third-order valence-corrected chi connectivity index (χ3v) is 3.10. The summed E-state index contributed by atoms with van der Waals surface area (Å²) in [6.45, 7) is 1.30. The lowest BCUT2D eigenvalue weighted by molar-refractivity contribution is -0.122. The molecule has 1 amide bonds. The Morgan fingerprint density at radius 1 is 1.38 bits per heavy atom. The third-order valence-electron chi connectivity index (χ3n) is 3.10. The van der Waals surface area contributed by atoms with Gasteiger partial charge in [-0.15, -0.1) is 0 Å². The van der Waals surface area contributed by atoms with Crippen LogP contribution < -0.4 is 11.1 Å². The highest BCUT2D eigenvalue weighted by molar-refractivity contribution is 5.77. The summed E-state index contributed by atoms with van der Waals surface area (Å²) in [7, 11) is 0. The van der Waals surface area contributed by atoms with Crippen LogP contribution in [0, 0.1) is 11.7 Å². The first kappa shape index (κ1) is 11.1. The van der Waals surface area contributed by atoms with Gasteiger partial charge in [0, 0.05) is 19.0 Å². The summed E-state index contributed by atoms with van der Waals surface area (Å²) < 4.78 is 13.6. The van der Waals surface area contributed by atoms with Gasteiger partial charge in [0.2, 0.25) is 5.91 Å². The van der Waals surface area contributed by atoms with E-state index in [1.807, 2.05) is 6.07 Å². The van der Waals surface area contributed by atoms with Crippen LogP contribution in [0.5, 0.6) is 0 Å². The molecule has 0 aromatic heterocycles. The molecule has 0 aliphatic carbocycles. The van der Waals surface area contributed by atoms with Crippen molar-refractivity contribution in [2.24, 2.45) is 11.7 Å². The van der Waals surface area contributed by atoms with Crippen LogP contribution in [0.15, 0.2) is 24.3 Å². The fourth-order valence-corrected chi connectivity index (χ4v) is 2.20. The Morgan fingerprint density at radius 2 is 2.12 bits per heavy atom. The van der Waals surface area contributed by atoms with Gasteiger partial charge in [-0.2, -0.15) is 0 Å². The molecule has 3 nitrogen and oxygen atoms in total. The van der Waals surface area contributed by atoms with Crippen molar-refractivity contribution in [2.45, 2.75) is 12.3 Å². The zero-order chi connectivity index (χ0) is 11.5. The molecule has 86 valence electrons. The molecule has 4 heteroatoms. The van der Waals surface area contributed by atoms with Gasteiger partial charge in [-0.05, 0) is 18.1 Å². The molecule has 1 heterocycles. The number of carbonyl (C=O) groups is 1. The Morgan fingerprint density at radius 3 is 2.81 bits per heavy atom. The maximum atomic E-state index is 13.6. The van der Waals surface area contributed by atoms with E-state index in [1.54, 1.807) is 12.1 Å². The monoisotopic (exact) mass is 222 g/mol. The molecule has 1 aliphatic rings.